The predicted molar refractivity (Wildman–Crippen MR) is 87.9 cm³/mol. The highest BCUT2D eigenvalue weighted by Crippen LogP contribution is 2.27. The summed E-state index contributed by atoms with van der Waals surface area (Å²) in [4.78, 5) is 11.7. The molecular weight excluding hydrogens is 260 g/mol. The summed E-state index contributed by atoms with van der Waals surface area (Å²) in [5.41, 5.74) is 1.47. The number of carbonyl (C=O) groups is 1. The van der Waals surface area contributed by atoms with Crippen molar-refractivity contribution < 1.29 is 9.90 Å². The van der Waals surface area contributed by atoms with Crippen molar-refractivity contribution in [2.24, 2.45) is 5.92 Å². The monoisotopic (exact) mass is 284 g/mol. The first kappa shape index (κ1) is 15.6. The highest BCUT2D eigenvalue weighted by Gasteiger charge is 2.17. The maximum Gasteiger partial charge on any atom is 0.336 e. The van der Waals surface area contributed by atoms with Crippen LogP contribution in [0.15, 0.2) is 36.4 Å². The SMILES string of the molecule is CCCCC(CC)Cc1ccc2ccccc2c1C(=O)O. The Hall–Kier alpha value is -1.83. The van der Waals surface area contributed by atoms with Crippen LogP contribution in [0.5, 0.6) is 0 Å². The fourth-order valence-electron chi connectivity index (χ4n) is 2.99. The lowest BCUT2D eigenvalue weighted by atomic mass is 9.88. The molecule has 0 heterocycles. The van der Waals surface area contributed by atoms with Crippen molar-refractivity contribution >= 4 is 16.7 Å². The zero-order valence-electron chi connectivity index (χ0n) is 12.9. The van der Waals surface area contributed by atoms with E-state index in [1.54, 1.807) is 0 Å². The van der Waals surface area contributed by atoms with Gasteiger partial charge < -0.3 is 5.11 Å². The van der Waals surface area contributed by atoms with E-state index in [0.29, 0.717) is 11.5 Å². The number of carboxylic acids is 1. The van der Waals surface area contributed by atoms with Crippen LogP contribution < -0.4 is 0 Å². The summed E-state index contributed by atoms with van der Waals surface area (Å²) in [5, 5.41) is 11.5. The van der Waals surface area contributed by atoms with Crippen LogP contribution in [0.2, 0.25) is 0 Å². The lowest BCUT2D eigenvalue weighted by Crippen LogP contribution is -2.09. The van der Waals surface area contributed by atoms with Gasteiger partial charge in [0.2, 0.25) is 0 Å². The van der Waals surface area contributed by atoms with Crippen molar-refractivity contribution in [3.05, 3.63) is 47.5 Å². The Morgan fingerprint density at radius 3 is 2.57 bits per heavy atom. The molecule has 112 valence electrons. The third-order valence-electron chi connectivity index (χ3n) is 4.28. The first-order chi connectivity index (χ1) is 10.2. The van der Waals surface area contributed by atoms with Crippen LogP contribution in [0.4, 0.5) is 0 Å². The second-order valence-corrected chi connectivity index (χ2v) is 5.75. The number of carboxylic acid groups (broad SMARTS) is 1. The van der Waals surface area contributed by atoms with Crippen LogP contribution in [0.1, 0.15) is 55.5 Å². The molecule has 21 heavy (non-hydrogen) atoms. The molecule has 2 aromatic carbocycles. The van der Waals surface area contributed by atoms with Crippen LogP contribution >= 0.6 is 0 Å². The summed E-state index contributed by atoms with van der Waals surface area (Å²) < 4.78 is 0. The van der Waals surface area contributed by atoms with Crippen molar-refractivity contribution in [3.63, 3.8) is 0 Å². The normalized spacial score (nSPS) is 12.5. The van der Waals surface area contributed by atoms with Crippen LogP contribution in [-0.2, 0) is 6.42 Å². The Labute approximate surface area is 126 Å². The molecule has 1 atom stereocenters. The van der Waals surface area contributed by atoms with Gasteiger partial charge in [-0.1, -0.05) is 75.9 Å². The summed E-state index contributed by atoms with van der Waals surface area (Å²) in [7, 11) is 0. The van der Waals surface area contributed by atoms with Gasteiger partial charge in [-0.15, -0.1) is 0 Å². The molecule has 2 nitrogen and oxygen atoms in total. The Morgan fingerprint density at radius 2 is 1.90 bits per heavy atom. The van der Waals surface area contributed by atoms with Gasteiger partial charge in [0.25, 0.3) is 0 Å². The summed E-state index contributed by atoms with van der Waals surface area (Å²) in [6.45, 7) is 4.40. The fourth-order valence-corrected chi connectivity index (χ4v) is 2.99. The maximum absolute atomic E-state index is 11.7. The van der Waals surface area contributed by atoms with Crippen LogP contribution in [0.3, 0.4) is 0 Å². The summed E-state index contributed by atoms with van der Waals surface area (Å²) in [6.07, 6.45) is 5.56. The molecule has 0 aliphatic carbocycles. The average Bonchev–Trinajstić information content (AvgIpc) is 2.50. The van der Waals surface area contributed by atoms with E-state index in [0.717, 1.165) is 29.2 Å². The molecule has 0 aliphatic heterocycles. The van der Waals surface area contributed by atoms with Gasteiger partial charge in [-0.25, -0.2) is 4.79 Å². The van der Waals surface area contributed by atoms with E-state index >= 15 is 0 Å². The van der Waals surface area contributed by atoms with Gasteiger partial charge >= 0.3 is 5.97 Å². The van der Waals surface area contributed by atoms with E-state index < -0.39 is 5.97 Å². The first-order valence-corrected chi connectivity index (χ1v) is 7.91. The predicted octanol–water partition coefficient (Wildman–Crippen LogP) is 5.30. The number of unbranched alkanes of at least 4 members (excludes halogenated alkanes) is 1. The summed E-state index contributed by atoms with van der Waals surface area (Å²) >= 11 is 0. The van der Waals surface area contributed by atoms with Crippen molar-refractivity contribution in [1.29, 1.82) is 0 Å². The zero-order valence-corrected chi connectivity index (χ0v) is 12.9. The number of aromatic carboxylic acids is 1. The van der Waals surface area contributed by atoms with E-state index in [1.165, 1.54) is 19.3 Å². The third kappa shape index (κ3) is 3.63. The van der Waals surface area contributed by atoms with E-state index in [-0.39, 0.29) is 0 Å². The minimum atomic E-state index is -0.813. The molecule has 1 unspecified atom stereocenters. The second-order valence-electron chi connectivity index (χ2n) is 5.75. The molecule has 0 saturated carbocycles. The molecule has 0 aliphatic rings. The maximum atomic E-state index is 11.7. The third-order valence-corrected chi connectivity index (χ3v) is 4.28. The van der Waals surface area contributed by atoms with Gasteiger partial charge in [-0.3, -0.25) is 0 Å². The molecule has 0 spiro atoms. The van der Waals surface area contributed by atoms with Crippen molar-refractivity contribution in [2.45, 2.75) is 46.0 Å². The molecular formula is C19H24O2. The lowest BCUT2D eigenvalue weighted by molar-refractivity contribution is 0.0697. The number of benzene rings is 2. The van der Waals surface area contributed by atoms with Crippen LogP contribution in [0.25, 0.3) is 10.8 Å². The molecule has 0 aromatic heterocycles. The van der Waals surface area contributed by atoms with Crippen molar-refractivity contribution in [3.8, 4) is 0 Å². The Morgan fingerprint density at radius 1 is 1.14 bits per heavy atom. The Balaban J connectivity index is 2.38. The van der Waals surface area contributed by atoms with Gasteiger partial charge in [0, 0.05) is 0 Å². The Bertz CT molecular complexity index is 616. The summed E-state index contributed by atoms with van der Waals surface area (Å²) in [5.74, 6) is -0.239. The van der Waals surface area contributed by atoms with E-state index in [1.807, 2.05) is 36.4 Å². The molecule has 2 aromatic rings. The molecule has 0 fully saturated rings. The average molecular weight is 284 g/mol. The number of rotatable bonds is 7. The second kappa shape index (κ2) is 7.26. The topological polar surface area (TPSA) is 37.3 Å². The fraction of sp³-hybridized carbons (Fsp3) is 0.421. The lowest BCUT2D eigenvalue weighted by Gasteiger charge is -2.17. The minimum absolute atomic E-state index is 0.489. The smallest absolute Gasteiger partial charge is 0.336 e. The van der Waals surface area contributed by atoms with Crippen molar-refractivity contribution in [1.82, 2.24) is 0 Å². The van der Waals surface area contributed by atoms with E-state index in [9.17, 15) is 9.90 Å². The molecule has 0 amide bonds. The van der Waals surface area contributed by atoms with E-state index in [2.05, 4.69) is 13.8 Å². The van der Waals surface area contributed by atoms with E-state index in [4.69, 9.17) is 0 Å². The molecule has 0 saturated heterocycles. The molecule has 0 bridgehead atoms. The highest BCUT2D eigenvalue weighted by molar-refractivity contribution is 6.05. The zero-order chi connectivity index (χ0) is 15.2. The van der Waals surface area contributed by atoms with Gasteiger partial charge in [-0.05, 0) is 28.7 Å². The number of hydrogen-bond acceptors (Lipinski definition) is 1. The first-order valence-electron chi connectivity index (χ1n) is 7.91. The number of hydrogen-bond donors (Lipinski definition) is 1. The molecule has 2 rings (SSSR count). The molecule has 2 heteroatoms. The van der Waals surface area contributed by atoms with Gasteiger partial charge in [0.15, 0.2) is 0 Å². The van der Waals surface area contributed by atoms with Gasteiger partial charge in [0.1, 0.15) is 0 Å². The molecule has 0 radical (unpaired) electrons. The largest absolute Gasteiger partial charge is 0.478 e. The van der Waals surface area contributed by atoms with Gasteiger partial charge in [-0.2, -0.15) is 0 Å². The van der Waals surface area contributed by atoms with Gasteiger partial charge in [0.05, 0.1) is 5.56 Å². The quantitative estimate of drug-likeness (QED) is 0.749. The minimum Gasteiger partial charge on any atom is -0.478 e. The standard InChI is InChI=1S/C19H24O2/c1-3-5-8-14(4-2)13-16-12-11-15-9-6-7-10-17(15)18(16)19(20)21/h6-7,9-12,14H,3-5,8,13H2,1-2H3,(H,20,21). The highest BCUT2D eigenvalue weighted by atomic mass is 16.4. The van der Waals surface area contributed by atoms with Crippen molar-refractivity contribution in [2.75, 3.05) is 0 Å². The number of fused-ring (bicyclic) bond motifs is 1. The Kier molecular flexibility index (Phi) is 5.38. The molecule has 1 N–H and O–H groups in total. The van der Waals surface area contributed by atoms with Crippen LogP contribution in [0, 0.1) is 5.92 Å². The summed E-state index contributed by atoms with van der Waals surface area (Å²) in [6, 6.07) is 11.8. The van der Waals surface area contributed by atoms with Crippen LogP contribution in [-0.4, -0.2) is 11.1 Å².